The Kier molecular flexibility index (Phi) is 4.78. The molecule has 0 aromatic heterocycles. The molecule has 0 aliphatic heterocycles. The molecule has 0 spiro atoms. The highest BCUT2D eigenvalue weighted by Gasteiger charge is 2.28. The van der Waals surface area contributed by atoms with Gasteiger partial charge in [0, 0.05) is 4.47 Å². The molecule has 0 radical (unpaired) electrons. The van der Waals surface area contributed by atoms with E-state index in [1.807, 2.05) is 6.07 Å². The van der Waals surface area contributed by atoms with E-state index in [2.05, 4.69) is 20.7 Å². The third-order valence-electron chi connectivity index (χ3n) is 1.67. The average molecular weight is 310 g/mol. The van der Waals surface area contributed by atoms with Crippen LogP contribution < -0.4 is 4.74 Å². The van der Waals surface area contributed by atoms with Gasteiger partial charge in [0.1, 0.15) is 18.4 Å². The molecule has 0 aliphatic carbocycles. The molecule has 0 fully saturated rings. The molecule has 0 unspecified atom stereocenters. The van der Waals surface area contributed by atoms with Gasteiger partial charge in [0.25, 0.3) is 0 Å². The van der Waals surface area contributed by atoms with Crippen LogP contribution in [0.5, 0.6) is 5.75 Å². The Morgan fingerprint density at radius 3 is 2.59 bits per heavy atom. The lowest BCUT2D eigenvalue weighted by molar-refractivity contribution is -0.325. The van der Waals surface area contributed by atoms with E-state index in [9.17, 15) is 13.2 Å². The summed E-state index contributed by atoms with van der Waals surface area (Å²) < 4.78 is 44.2. The van der Waals surface area contributed by atoms with Crippen LogP contribution in [0.1, 0.15) is 5.56 Å². The number of halogens is 4. The molecule has 0 heterocycles. The average Bonchev–Trinajstić information content (AvgIpc) is 2.24. The highest BCUT2D eigenvalue weighted by atomic mass is 79.9. The van der Waals surface area contributed by atoms with Crippen molar-refractivity contribution in [3.05, 3.63) is 28.2 Å². The Morgan fingerprint density at radius 1 is 1.29 bits per heavy atom. The minimum Gasteiger partial charge on any atom is -0.490 e. The zero-order chi connectivity index (χ0) is 12.9. The lowest BCUT2D eigenvalue weighted by Gasteiger charge is -2.10. The van der Waals surface area contributed by atoms with Gasteiger partial charge >= 0.3 is 6.36 Å². The van der Waals surface area contributed by atoms with Gasteiger partial charge in [-0.15, -0.1) is 13.2 Å². The van der Waals surface area contributed by atoms with Crippen LogP contribution in [0.3, 0.4) is 0 Å². The molecule has 0 saturated heterocycles. The standard InChI is InChI=1S/C10H7BrF3NO2/c11-8-1-2-9(7(5-8)6-15)16-3-4-17-10(12,13)14/h1-2,5H,3-4H2. The molecule has 0 aliphatic rings. The first kappa shape index (κ1) is 13.8. The Labute approximate surface area is 104 Å². The van der Waals surface area contributed by atoms with Gasteiger partial charge in [0.2, 0.25) is 0 Å². The first-order valence-corrected chi connectivity index (χ1v) is 5.25. The van der Waals surface area contributed by atoms with Gasteiger partial charge in [0.05, 0.1) is 12.2 Å². The first-order valence-electron chi connectivity index (χ1n) is 4.45. The third-order valence-corrected chi connectivity index (χ3v) is 2.16. The van der Waals surface area contributed by atoms with Gasteiger partial charge in [-0.3, -0.25) is 4.74 Å². The van der Waals surface area contributed by atoms with E-state index < -0.39 is 13.0 Å². The Morgan fingerprint density at radius 2 is 2.00 bits per heavy atom. The second-order valence-electron chi connectivity index (χ2n) is 2.89. The summed E-state index contributed by atoms with van der Waals surface area (Å²) in [5.74, 6) is 0.224. The van der Waals surface area contributed by atoms with Crippen molar-refractivity contribution in [2.24, 2.45) is 0 Å². The monoisotopic (exact) mass is 309 g/mol. The van der Waals surface area contributed by atoms with Crippen LogP contribution >= 0.6 is 15.9 Å². The van der Waals surface area contributed by atoms with Crippen LogP contribution in [0, 0.1) is 11.3 Å². The molecule has 1 aromatic rings. The van der Waals surface area contributed by atoms with Crippen molar-refractivity contribution < 1.29 is 22.6 Å². The fourth-order valence-corrected chi connectivity index (χ4v) is 1.39. The lowest BCUT2D eigenvalue weighted by atomic mass is 10.2. The SMILES string of the molecule is N#Cc1cc(Br)ccc1OCCOC(F)(F)F. The second kappa shape index (κ2) is 5.89. The van der Waals surface area contributed by atoms with Gasteiger partial charge < -0.3 is 4.74 Å². The van der Waals surface area contributed by atoms with Crippen molar-refractivity contribution in [3.63, 3.8) is 0 Å². The summed E-state index contributed by atoms with van der Waals surface area (Å²) in [6, 6.07) is 6.51. The van der Waals surface area contributed by atoms with E-state index in [0.717, 1.165) is 0 Å². The summed E-state index contributed by atoms with van der Waals surface area (Å²) >= 11 is 3.16. The molecule has 3 nitrogen and oxygen atoms in total. The Hall–Kier alpha value is -1.26. The third kappa shape index (κ3) is 5.06. The molecule has 0 saturated carbocycles. The van der Waals surface area contributed by atoms with Crippen LogP contribution in [0.4, 0.5) is 13.2 Å². The molecule has 92 valence electrons. The number of hydrogen-bond acceptors (Lipinski definition) is 3. The Bertz CT molecular complexity index is 429. The predicted molar refractivity (Wildman–Crippen MR) is 56.4 cm³/mol. The molecule has 1 aromatic carbocycles. The van der Waals surface area contributed by atoms with Crippen LogP contribution in [0.15, 0.2) is 22.7 Å². The molecule has 0 N–H and O–H groups in total. The number of nitrogens with zero attached hydrogens (tertiary/aromatic N) is 1. The van der Waals surface area contributed by atoms with Crippen molar-refractivity contribution in [2.45, 2.75) is 6.36 Å². The highest BCUT2D eigenvalue weighted by Crippen LogP contribution is 2.22. The largest absolute Gasteiger partial charge is 0.522 e. The number of nitriles is 1. The van der Waals surface area contributed by atoms with Crippen molar-refractivity contribution in [3.8, 4) is 11.8 Å². The maximum Gasteiger partial charge on any atom is 0.522 e. The van der Waals surface area contributed by atoms with E-state index in [-0.39, 0.29) is 17.9 Å². The molecule has 0 atom stereocenters. The summed E-state index contributed by atoms with van der Waals surface area (Å²) in [5.41, 5.74) is 0.242. The molecule has 7 heteroatoms. The van der Waals surface area contributed by atoms with Crippen LogP contribution in [0.2, 0.25) is 0 Å². The summed E-state index contributed by atoms with van der Waals surface area (Å²) in [5, 5.41) is 8.77. The smallest absolute Gasteiger partial charge is 0.490 e. The summed E-state index contributed by atoms with van der Waals surface area (Å²) in [6.07, 6.45) is -4.67. The van der Waals surface area contributed by atoms with Crippen molar-refractivity contribution in [2.75, 3.05) is 13.2 Å². The number of rotatable bonds is 4. The summed E-state index contributed by atoms with van der Waals surface area (Å²) in [7, 11) is 0. The summed E-state index contributed by atoms with van der Waals surface area (Å²) in [4.78, 5) is 0. The van der Waals surface area contributed by atoms with Crippen molar-refractivity contribution in [1.82, 2.24) is 0 Å². The number of ether oxygens (including phenoxy) is 2. The lowest BCUT2D eigenvalue weighted by Crippen LogP contribution is -2.18. The van der Waals surface area contributed by atoms with Crippen molar-refractivity contribution in [1.29, 1.82) is 5.26 Å². The molecular weight excluding hydrogens is 303 g/mol. The van der Waals surface area contributed by atoms with Gasteiger partial charge in [0.15, 0.2) is 0 Å². The fraction of sp³-hybridized carbons (Fsp3) is 0.300. The van der Waals surface area contributed by atoms with E-state index in [0.29, 0.717) is 4.47 Å². The van der Waals surface area contributed by atoms with E-state index in [1.54, 1.807) is 6.07 Å². The van der Waals surface area contributed by atoms with Gasteiger partial charge in [-0.1, -0.05) is 15.9 Å². The highest BCUT2D eigenvalue weighted by molar-refractivity contribution is 9.10. The maximum absolute atomic E-state index is 11.6. The maximum atomic E-state index is 11.6. The first-order chi connectivity index (χ1) is 7.92. The quantitative estimate of drug-likeness (QED) is 0.802. The number of hydrogen-bond donors (Lipinski definition) is 0. The van der Waals surface area contributed by atoms with Gasteiger partial charge in [-0.05, 0) is 18.2 Å². The second-order valence-corrected chi connectivity index (χ2v) is 3.81. The predicted octanol–water partition coefficient (Wildman–Crippen LogP) is 3.24. The normalized spacial score (nSPS) is 11.0. The minimum atomic E-state index is -4.67. The van der Waals surface area contributed by atoms with E-state index in [4.69, 9.17) is 10.00 Å². The molecular formula is C10H7BrF3NO2. The van der Waals surface area contributed by atoms with E-state index >= 15 is 0 Å². The van der Waals surface area contributed by atoms with Crippen LogP contribution in [0.25, 0.3) is 0 Å². The topological polar surface area (TPSA) is 42.2 Å². The zero-order valence-electron chi connectivity index (χ0n) is 8.42. The molecule has 1 rings (SSSR count). The Balaban J connectivity index is 2.50. The molecule has 0 bridgehead atoms. The van der Waals surface area contributed by atoms with Gasteiger partial charge in [-0.2, -0.15) is 5.26 Å². The summed E-state index contributed by atoms with van der Waals surface area (Å²) in [6.45, 7) is -0.903. The molecule has 17 heavy (non-hydrogen) atoms. The minimum absolute atomic E-state index is 0.224. The zero-order valence-corrected chi connectivity index (χ0v) is 10.0. The van der Waals surface area contributed by atoms with Crippen LogP contribution in [-0.2, 0) is 4.74 Å². The molecule has 0 amide bonds. The van der Waals surface area contributed by atoms with Gasteiger partial charge in [-0.25, -0.2) is 0 Å². The fourth-order valence-electron chi connectivity index (χ4n) is 1.02. The number of benzene rings is 1. The van der Waals surface area contributed by atoms with E-state index in [1.165, 1.54) is 12.1 Å². The van der Waals surface area contributed by atoms with Crippen LogP contribution in [-0.4, -0.2) is 19.6 Å². The number of alkyl halides is 3. The van der Waals surface area contributed by atoms with Crippen molar-refractivity contribution >= 4 is 15.9 Å².